The van der Waals surface area contributed by atoms with Crippen molar-refractivity contribution in [1.29, 1.82) is 0 Å². The largest absolute Gasteiger partial charge is 0.349 e. The molecular weight excluding hydrogens is 456 g/mol. The fraction of sp³-hybridized carbons (Fsp3) is 0.500. The van der Waals surface area contributed by atoms with Gasteiger partial charge < -0.3 is 9.88 Å². The summed E-state index contributed by atoms with van der Waals surface area (Å²) in [5.74, 6) is 0.815. The lowest BCUT2D eigenvalue weighted by Crippen LogP contribution is -2.27. The molecule has 178 valence electrons. The molecule has 1 atom stereocenters. The van der Waals surface area contributed by atoms with Gasteiger partial charge in [-0.2, -0.15) is 4.31 Å². The van der Waals surface area contributed by atoms with Crippen LogP contribution in [0.5, 0.6) is 0 Å². The molecule has 1 amide bonds. The first-order chi connectivity index (χ1) is 15.9. The molecule has 1 aromatic carbocycles. The second-order valence-electron chi connectivity index (χ2n) is 8.60. The molecule has 2 aromatic heterocycles. The summed E-state index contributed by atoms with van der Waals surface area (Å²) in [6.07, 6.45) is 4.70. The van der Waals surface area contributed by atoms with Crippen molar-refractivity contribution in [2.75, 3.05) is 13.1 Å². The first kappa shape index (κ1) is 23.9. The smallest absolute Gasteiger partial charge is 0.243 e. The Kier molecular flexibility index (Phi) is 7.51. The normalized spacial score (nSPS) is 15.8. The van der Waals surface area contributed by atoms with E-state index in [0.717, 1.165) is 48.4 Å². The van der Waals surface area contributed by atoms with E-state index in [0.29, 0.717) is 36.3 Å². The van der Waals surface area contributed by atoms with Crippen molar-refractivity contribution in [2.45, 2.75) is 69.9 Å². The first-order valence-corrected chi connectivity index (χ1v) is 14.0. The van der Waals surface area contributed by atoms with E-state index in [1.54, 1.807) is 27.8 Å². The number of imidazole rings is 1. The number of carbonyl (C=O) groups excluding carboxylic acids is 1. The Morgan fingerprint density at radius 2 is 2.03 bits per heavy atom. The maximum Gasteiger partial charge on any atom is 0.243 e. The van der Waals surface area contributed by atoms with Gasteiger partial charge in [-0.25, -0.2) is 13.4 Å². The highest BCUT2D eigenvalue weighted by Crippen LogP contribution is 2.26. The summed E-state index contributed by atoms with van der Waals surface area (Å²) in [6.45, 7) is 6.08. The molecule has 1 fully saturated rings. The third-order valence-electron chi connectivity index (χ3n) is 6.16. The minimum atomic E-state index is -3.49. The highest BCUT2D eigenvalue weighted by atomic mass is 32.2. The number of hydrogen-bond donors (Lipinski definition) is 1. The number of carbonyl (C=O) groups is 1. The average Bonchev–Trinajstić information content (AvgIpc) is 3.57. The highest BCUT2D eigenvalue weighted by molar-refractivity contribution is 7.89. The molecule has 7 nitrogen and oxygen atoms in total. The average molecular weight is 489 g/mol. The number of aryl methyl sites for hydroxylation is 2. The molecule has 0 aliphatic carbocycles. The summed E-state index contributed by atoms with van der Waals surface area (Å²) in [5, 5.41) is 5.07. The molecule has 9 heteroatoms. The molecule has 3 aromatic rings. The van der Waals surface area contributed by atoms with E-state index in [-0.39, 0.29) is 11.9 Å². The van der Waals surface area contributed by atoms with Crippen molar-refractivity contribution < 1.29 is 13.2 Å². The van der Waals surface area contributed by atoms with Crippen molar-refractivity contribution in [2.24, 2.45) is 0 Å². The van der Waals surface area contributed by atoms with E-state index in [2.05, 4.69) is 16.8 Å². The van der Waals surface area contributed by atoms with Crippen LogP contribution < -0.4 is 5.32 Å². The summed E-state index contributed by atoms with van der Waals surface area (Å²) in [5.41, 5.74) is 1.60. The highest BCUT2D eigenvalue weighted by Gasteiger charge is 2.28. The Hall–Kier alpha value is -2.23. The fourth-order valence-corrected chi connectivity index (χ4v) is 6.57. The molecule has 4 rings (SSSR count). The molecule has 0 saturated carbocycles. The Morgan fingerprint density at radius 3 is 2.73 bits per heavy atom. The van der Waals surface area contributed by atoms with Gasteiger partial charge in [0.15, 0.2) is 0 Å². The number of thiophene rings is 1. The number of benzene rings is 1. The van der Waals surface area contributed by atoms with Crippen LogP contribution in [-0.2, 0) is 27.8 Å². The Bertz CT molecular complexity index is 1200. The lowest BCUT2D eigenvalue weighted by molar-refractivity contribution is -0.121. The second kappa shape index (κ2) is 10.4. The monoisotopic (exact) mass is 488 g/mol. The van der Waals surface area contributed by atoms with Gasteiger partial charge in [-0.3, -0.25) is 4.79 Å². The predicted molar refractivity (Wildman–Crippen MR) is 132 cm³/mol. The zero-order chi connectivity index (χ0) is 23.4. The molecule has 0 radical (unpaired) electrons. The third kappa shape index (κ3) is 5.31. The Balaban J connectivity index is 1.54. The number of unbranched alkanes of at least 4 members (excludes halogenated alkanes) is 1. The van der Waals surface area contributed by atoms with E-state index in [9.17, 15) is 13.2 Å². The van der Waals surface area contributed by atoms with Gasteiger partial charge in [0.05, 0.1) is 22.0 Å². The van der Waals surface area contributed by atoms with Crippen LogP contribution in [0.25, 0.3) is 11.0 Å². The van der Waals surface area contributed by atoms with E-state index >= 15 is 0 Å². The van der Waals surface area contributed by atoms with Crippen molar-refractivity contribution >= 4 is 38.3 Å². The van der Waals surface area contributed by atoms with Crippen LogP contribution in [0.4, 0.5) is 0 Å². The molecule has 0 bridgehead atoms. The van der Waals surface area contributed by atoms with Gasteiger partial charge in [0.25, 0.3) is 0 Å². The summed E-state index contributed by atoms with van der Waals surface area (Å²) in [6, 6.07) is 9.23. The van der Waals surface area contributed by atoms with Gasteiger partial charge in [0.2, 0.25) is 15.9 Å². The van der Waals surface area contributed by atoms with E-state index in [4.69, 9.17) is 4.98 Å². The Labute approximate surface area is 199 Å². The first-order valence-electron chi connectivity index (χ1n) is 11.7. The number of sulfonamides is 1. The molecule has 1 saturated heterocycles. The van der Waals surface area contributed by atoms with Gasteiger partial charge >= 0.3 is 0 Å². The van der Waals surface area contributed by atoms with Crippen LogP contribution >= 0.6 is 11.3 Å². The molecule has 33 heavy (non-hydrogen) atoms. The van der Waals surface area contributed by atoms with Crippen LogP contribution in [0.3, 0.4) is 0 Å². The van der Waals surface area contributed by atoms with Gasteiger partial charge in [-0.1, -0.05) is 19.4 Å². The van der Waals surface area contributed by atoms with Gasteiger partial charge in [0.1, 0.15) is 5.82 Å². The van der Waals surface area contributed by atoms with Crippen molar-refractivity contribution in [3.63, 3.8) is 0 Å². The van der Waals surface area contributed by atoms with Crippen molar-refractivity contribution in [3.05, 3.63) is 46.4 Å². The molecule has 1 N–H and O–H groups in total. The Morgan fingerprint density at radius 1 is 1.24 bits per heavy atom. The summed E-state index contributed by atoms with van der Waals surface area (Å²) >= 11 is 1.63. The summed E-state index contributed by atoms with van der Waals surface area (Å²) < 4.78 is 29.7. The maximum absolute atomic E-state index is 13.0. The van der Waals surface area contributed by atoms with Crippen LogP contribution in [0.1, 0.15) is 62.7 Å². The SMILES string of the molecule is CCCCn1c(CCC(=O)N[C@@H](C)c2cccs2)nc2cc(S(=O)(=O)N3CCCC3)ccc21. The lowest BCUT2D eigenvalue weighted by atomic mass is 10.2. The quantitative estimate of drug-likeness (QED) is 0.456. The molecule has 1 aliphatic rings. The number of hydrogen-bond acceptors (Lipinski definition) is 5. The predicted octanol–water partition coefficient (Wildman–Crippen LogP) is 4.49. The number of amides is 1. The van der Waals surface area contributed by atoms with Crippen molar-refractivity contribution in [1.82, 2.24) is 19.2 Å². The van der Waals surface area contributed by atoms with Crippen LogP contribution in [0.15, 0.2) is 40.6 Å². The third-order valence-corrected chi connectivity index (χ3v) is 9.11. The van der Waals surface area contributed by atoms with Crippen LogP contribution in [0, 0.1) is 0 Å². The minimum Gasteiger partial charge on any atom is -0.349 e. The van der Waals surface area contributed by atoms with Crippen LogP contribution in [0.2, 0.25) is 0 Å². The number of nitrogens with one attached hydrogen (secondary N) is 1. The van der Waals surface area contributed by atoms with Crippen LogP contribution in [-0.4, -0.2) is 41.3 Å². The topological polar surface area (TPSA) is 84.3 Å². The number of rotatable bonds is 10. The number of nitrogens with zero attached hydrogens (tertiary/aromatic N) is 3. The fourth-order valence-electron chi connectivity index (χ4n) is 4.30. The van der Waals surface area contributed by atoms with Gasteiger partial charge in [-0.05, 0) is 55.8 Å². The minimum absolute atomic E-state index is 0.0118. The molecule has 3 heterocycles. The molecule has 0 unspecified atom stereocenters. The summed E-state index contributed by atoms with van der Waals surface area (Å²) in [7, 11) is -3.49. The molecule has 0 spiro atoms. The van der Waals surface area contributed by atoms with E-state index < -0.39 is 10.0 Å². The van der Waals surface area contributed by atoms with E-state index in [1.807, 2.05) is 30.5 Å². The molecular formula is C24H32N4O3S2. The maximum atomic E-state index is 13.0. The summed E-state index contributed by atoms with van der Waals surface area (Å²) in [4.78, 5) is 18.8. The standard InChI is InChI=1S/C24H32N4O3S2/c1-3-4-15-28-21-10-9-19(33(30,31)27-13-5-6-14-27)17-20(21)26-23(28)11-12-24(29)25-18(2)22-8-7-16-32-22/h7-10,16-18H,3-6,11-15H2,1-2H3,(H,25,29)/t18-/m0/s1. The number of fused-ring (bicyclic) bond motifs is 1. The van der Waals surface area contributed by atoms with Gasteiger partial charge in [-0.15, -0.1) is 11.3 Å². The van der Waals surface area contributed by atoms with E-state index in [1.165, 1.54) is 0 Å². The number of aromatic nitrogens is 2. The lowest BCUT2D eigenvalue weighted by Gasteiger charge is -2.15. The zero-order valence-corrected chi connectivity index (χ0v) is 20.9. The molecule has 1 aliphatic heterocycles. The zero-order valence-electron chi connectivity index (χ0n) is 19.3. The second-order valence-corrected chi connectivity index (χ2v) is 11.5. The van der Waals surface area contributed by atoms with Gasteiger partial charge in [0, 0.05) is 37.4 Å². The van der Waals surface area contributed by atoms with Crippen molar-refractivity contribution in [3.8, 4) is 0 Å².